The van der Waals surface area contributed by atoms with Crippen LogP contribution in [-0.2, 0) is 5.11 Å². The third kappa shape index (κ3) is 40.0. The summed E-state index contributed by atoms with van der Waals surface area (Å²) in [6.07, 6.45) is 54.7. The molecule has 0 aliphatic heterocycles. The maximum absolute atomic E-state index is 10.4. The van der Waals surface area contributed by atoms with Crippen LogP contribution >= 0.6 is 0 Å². The summed E-state index contributed by atoms with van der Waals surface area (Å²) in [5.41, 5.74) is 0. The van der Waals surface area contributed by atoms with Gasteiger partial charge in [-0.25, -0.2) is 5.11 Å². The summed E-state index contributed by atoms with van der Waals surface area (Å²) in [5, 5.41) is 10.4. The smallest absolute Gasteiger partial charge is 0.0822 e. The van der Waals surface area contributed by atoms with Gasteiger partial charge < -0.3 is 0 Å². The van der Waals surface area contributed by atoms with Crippen LogP contribution in [0.1, 0.15) is 251 Å². The van der Waals surface area contributed by atoms with Crippen LogP contribution in [0.2, 0.25) is 0 Å². The molecule has 0 unspecified atom stereocenters. The largest absolute Gasteiger partial charge is 0.237 e. The summed E-state index contributed by atoms with van der Waals surface area (Å²) in [7, 11) is 0. The van der Waals surface area contributed by atoms with Crippen molar-refractivity contribution < 1.29 is 5.11 Å². The fourth-order valence-corrected chi connectivity index (χ4v) is 6.54. The lowest BCUT2D eigenvalue weighted by atomic mass is 10.0. The summed E-state index contributed by atoms with van der Waals surface area (Å²) in [4.78, 5) is 0. The van der Waals surface area contributed by atoms with Gasteiger partial charge in [0.25, 0.3) is 0 Å². The van der Waals surface area contributed by atoms with Crippen molar-refractivity contribution in [1.29, 1.82) is 0 Å². The second-order valence-electron chi connectivity index (χ2n) is 13.8. The van der Waals surface area contributed by atoms with Gasteiger partial charge in [0.05, 0.1) is 6.61 Å². The predicted molar refractivity (Wildman–Crippen MR) is 187 cm³/mol. The molecule has 0 aliphatic carbocycles. The van der Waals surface area contributed by atoms with Crippen LogP contribution in [0.15, 0.2) is 0 Å². The van der Waals surface area contributed by atoms with Crippen molar-refractivity contribution in [3.63, 3.8) is 0 Å². The van der Waals surface area contributed by atoms with E-state index in [0.29, 0.717) is 0 Å². The molecule has 0 atom stereocenters. The monoisotopic (exact) mass is 578 g/mol. The lowest BCUT2D eigenvalue weighted by Crippen LogP contribution is -1.85. The second kappa shape index (κ2) is 40.0. The molecular weight excluding hydrogens is 496 g/mol. The first-order chi connectivity index (χ1) is 20.4. The minimum absolute atomic E-state index is 0.125. The van der Waals surface area contributed by atoms with Crippen LogP contribution in [0.4, 0.5) is 0 Å². The highest BCUT2D eigenvalue weighted by molar-refractivity contribution is 4.53. The molecule has 0 saturated heterocycles. The summed E-state index contributed by atoms with van der Waals surface area (Å²) in [5.74, 6) is 0. The highest BCUT2D eigenvalue weighted by atomic mass is 16.2. The zero-order valence-corrected chi connectivity index (χ0v) is 29.0. The first-order valence-corrected chi connectivity index (χ1v) is 20.0. The molecule has 1 radical (unpaired) electrons. The third-order valence-corrected chi connectivity index (χ3v) is 9.50. The lowest BCUT2D eigenvalue weighted by Gasteiger charge is -2.05. The Kier molecular flexibility index (Phi) is 39.9. The van der Waals surface area contributed by atoms with Crippen molar-refractivity contribution in [3.05, 3.63) is 0 Å². The molecule has 0 spiro atoms. The van der Waals surface area contributed by atoms with E-state index in [0.717, 1.165) is 12.8 Å². The van der Waals surface area contributed by atoms with Crippen LogP contribution in [0, 0.1) is 0 Å². The van der Waals surface area contributed by atoms with Gasteiger partial charge in [-0.2, -0.15) is 0 Å². The quantitative estimate of drug-likeness (QED) is 0.0650. The van der Waals surface area contributed by atoms with Crippen LogP contribution in [0.25, 0.3) is 0 Å². The molecule has 0 aromatic carbocycles. The van der Waals surface area contributed by atoms with Crippen molar-refractivity contribution in [2.45, 2.75) is 251 Å². The predicted octanol–water partition coefficient (Wildman–Crippen LogP) is 15.3. The molecule has 0 aliphatic rings. The van der Waals surface area contributed by atoms with Gasteiger partial charge in [-0.05, 0) is 6.42 Å². The SMILES string of the molecule is CCCCCCCCCCCCCCCCCCCCCCCCCCCCCCCCCCCCCCCC[O]. The summed E-state index contributed by atoms with van der Waals surface area (Å²) in [6.45, 7) is 2.43. The van der Waals surface area contributed by atoms with Gasteiger partial charge in [-0.15, -0.1) is 0 Å². The fraction of sp³-hybridized carbons (Fsp3) is 1.00. The standard InChI is InChI=1S/C40H81O/c1-2-3-4-5-6-7-8-9-10-11-12-13-14-15-16-17-18-19-20-21-22-23-24-25-26-27-28-29-30-31-32-33-34-35-36-37-38-39-40-41/h2-40H2,1H3. The second-order valence-corrected chi connectivity index (χ2v) is 13.8. The minimum Gasteiger partial charge on any atom is -0.237 e. The maximum atomic E-state index is 10.4. The highest BCUT2D eigenvalue weighted by Crippen LogP contribution is 2.17. The Morgan fingerprint density at radius 2 is 0.317 bits per heavy atom. The number of rotatable bonds is 38. The lowest BCUT2D eigenvalue weighted by molar-refractivity contribution is 0.186. The van der Waals surface area contributed by atoms with Crippen molar-refractivity contribution in [1.82, 2.24) is 0 Å². The number of hydrogen-bond donors (Lipinski definition) is 0. The molecule has 0 rings (SSSR count). The third-order valence-electron chi connectivity index (χ3n) is 9.50. The van der Waals surface area contributed by atoms with Crippen LogP contribution in [0.5, 0.6) is 0 Å². The Morgan fingerprint density at radius 3 is 0.439 bits per heavy atom. The van der Waals surface area contributed by atoms with Crippen molar-refractivity contribution in [2.75, 3.05) is 6.61 Å². The fourth-order valence-electron chi connectivity index (χ4n) is 6.54. The Bertz CT molecular complexity index is 381. The molecule has 0 heterocycles. The van der Waals surface area contributed by atoms with E-state index in [2.05, 4.69) is 6.92 Å². The molecule has 247 valence electrons. The minimum atomic E-state index is 0.125. The molecule has 0 amide bonds. The molecule has 1 nitrogen and oxygen atoms in total. The molecule has 0 aromatic rings. The molecule has 1 heteroatoms. The van der Waals surface area contributed by atoms with Gasteiger partial charge >= 0.3 is 0 Å². The van der Waals surface area contributed by atoms with E-state index in [1.165, 1.54) is 231 Å². The van der Waals surface area contributed by atoms with E-state index >= 15 is 0 Å². The van der Waals surface area contributed by atoms with Crippen LogP contribution < -0.4 is 0 Å². The molecule has 41 heavy (non-hydrogen) atoms. The van der Waals surface area contributed by atoms with Gasteiger partial charge in [0.2, 0.25) is 0 Å². The number of unbranched alkanes of at least 4 members (excludes halogenated alkanes) is 37. The van der Waals surface area contributed by atoms with Gasteiger partial charge in [-0.3, -0.25) is 0 Å². The molecule has 0 fully saturated rings. The maximum Gasteiger partial charge on any atom is 0.0822 e. The average molecular weight is 578 g/mol. The summed E-state index contributed by atoms with van der Waals surface area (Å²) < 4.78 is 0. The first-order valence-electron chi connectivity index (χ1n) is 20.0. The van der Waals surface area contributed by atoms with Crippen molar-refractivity contribution in [3.8, 4) is 0 Å². The van der Waals surface area contributed by atoms with Gasteiger partial charge in [-0.1, -0.05) is 244 Å². The van der Waals surface area contributed by atoms with Crippen molar-refractivity contribution in [2.24, 2.45) is 0 Å². The van der Waals surface area contributed by atoms with Crippen molar-refractivity contribution >= 4 is 0 Å². The van der Waals surface area contributed by atoms with E-state index in [9.17, 15) is 5.11 Å². The Balaban J connectivity index is 3.02. The summed E-state index contributed by atoms with van der Waals surface area (Å²) in [6, 6.07) is 0. The average Bonchev–Trinajstić information content (AvgIpc) is 2.98. The van der Waals surface area contributed by atoms with Crippen LogP contribution in [-0.4, -0.2) is 6.61 Å². The zero-order valence-electron chi connectivity index (χ0n) is 29.0. The molecule has 0 N–H and O–H groups in total. The molecule has 0 aromatic heterocycles. The van der Waals surface area contributed by atoms with E-state index in [1.54, 1.807) is 0 Å². The van der Waals surface area contributed by atoms with Gasteiger partial charge in [0.1, 0.15) is 0 Å². The van der Waals surface area contributed by atoms with E-state index < -0.39 is 0 Å². The van der Waals surface area contributed by atoms with Gasteiger partial charge in [0.15, 0.2) is 0 Å². The van der Waals surface area contributed by atoms with E-state index in [-0.39, 0.29) is 6.61 Å². The topological polar surface area (TPSA) is 19.9 Å². The normalized spacial score (nSPS) is 11.6. The van der Waals surface area contributed by atoms with E-state index in [4.69, 9.17) is 0 Å². The first kappa shape index (κ1) is 41.0. The van der Waals surface area contributed by atoms with Gasteiger partial charge in [0, 0.05) is 0 Å². The van der Waals surface area contributed by atoms with Crippen LogP contribution in [0.3, 0.4) is 0 Å². The molecular formula is C40H81O. The zero-order chi connectivity index (χ0) is 29.6. The molecule has 0 saturated carbocycles. The van der Waals surface area contributed by atoms with E-state index in [1.807, 2.05) is 0 Å². The Hall–Kier alpha value is -0.0400. The summed E-state index contributed by atoms with van der Waals surface area (Å²) >= 11 is 0. The highest BCUT2D eigenvalue weighted by Gasteiger charge is 1.97. The molecule has 0 bridgehead atoms. The number of hydrogen-bond acceptors (Lipinski definition) is 0. The Morgan fingerprint density at radius 1 is 0.195 bits per heavy atom. The Labute approximate surface area is 262 Å².